The Bertz CT molecular complexity index is 940. The first-order chi connectivity index (χ1) is 13.9. The summed E-state index contributed by atoms with van der Waals surface area (Å²) in [6.45, 7) is 1.30. The van der Waals surface area contributed by atoms with Gasteiger partial charge in [0.15, 0.2) is 23.1 Å². The lowest BCUT2D eigenvalue weighted by molar-refractivity contribution is -0.114. The first-order valence-electron chi connectivity index (χ1n) is 8.59. The van der Waals surface area contributed by atoms with Crippen LogP contribution in [-0.4, -0.2) is 45.1 Å². The van der Waals surface area contributed by atoms with Crippen LogP contribution in [0.25, 0.3) is 0 Å². The molecule has 2 aromatic rings. The molecule has 0 spiro atoms. The number of rotatable bonds is 9. The van der Waals surface area contributed by atoms with Crippen LogP contribution in [0, 0.1) is 0 Å². The third-order valence-electron chi connectivity index (χ3n) is 4.09. The number of carbonyl (C=O) groups excluding carboxylic acids is 4. The zero-order valence-corrected chi connectivity index (χ0v) is 16.5. The molecule has 8 heteroatoms. The Labute approximate surface area is 167 Å². The maximum Gasteiger partial charge on any atom is 0.221 e. The van der Waals surface area contributed by atoms with Crippen LogP contribution in [0.1, 0.15) is 39.6 Å². The second kappa shape index (κ2) is 9.50. The average Bonchev–Trinajstić information content (AvgIpc) is 2.72. The van der Waals surface area contributed by atoms with Gasteiger partial charge in [-0.05, 0) is 30.3 Å². The zero-order chi connectivity index (χ0) is 21.6. The van der Waals surface area contributed by atoms with Gasteiger partial charge in [0.1, 0.15) is 6.29 Å². The summed E-state index contributed by atoms with van der Waals surface area (Å²) in [5.74, 6) is -0.407. The summed E-state index contributed by atoms with van der Waals surface area (Å²) in [4.78, 5) is 47.5. The lowest BCUT2D eigenvalue weighted by atomic mass is 9.96. The molecule has 0 saturated carbocycles. The third kappa shape index (κ3) is 4.78. The molecule has 1 amide bonds. The number of anilines is 1. The van der Waals surface area contributed by atoms with Crippen molar-refractivity contribution in [2.24, 2.45) is 0 Å². The molecule has 0 unspecified atom stereocenters. The SMILES string of the molecule is COc1cc(C(=O)c2cc(C(=O)CC=O)ccc2NC(C)=O)cc(OC)c1OC. The monoisotopic (exact) mass is 399 g/mol. The first kappa shape index (κ1) is 21.6. The molecule has 0 bridgehead atoms. The summed E-state index contributed by atoms with van der Waals surface area (Å²) in [5.41, 5.74) is 0.707. The molecule has 0 aliphatic rings. The Morgan fingerprint density at radius 1 is 0.931 bits per heavy atom. The smallest absolute Gasteiger partial charge is 0.221 e. The summed E-state index contributed by atoms with van der Waals surface area (Å²) in [6, 6.07) is 7.19. The topological polar surface area (TPSA) is 108 Å². The van der Waals surface area contributed by atoms with Gasteiger partial charge in [0, 0.05) is 23.6 Å². The van der Waals surface area contributed by atoms with Gasteiger partial charge in [-0.15, -0.1) is 0 Å². The molecule has 1 N–H and O–H groups in total. The fourth-order valence-corrected chi connectivity index (χ4v) is 2.77. The number of ketones is 2. The Morgan fingerprint density at radius 3 is 2.03 bits per heavy atom. The standard InChI is InChI=1S/C21H21NO7/c1-12(24)22-16-6-5-13(17(25)7-8-23)9-15(16)20(26)14-10-18(27-2)21(29-4)19(11-14)28-3/h5-6,8-11H,7H2,1-4H3,(H,22,24). The van der Waals surface area contributed by atoms with Crippen molar-refractivity contribution in [1.82, 2.24) is 0 Å². The van der Waals surface area contributed by atoms with E-state index in [0.717, 1.165) is 0 Å². The number of amides is 1. The Hall–Kier alpha value is -3.68. The van der Waals surface area contributed by atoms with Crippen LogP contribution in [0.5, 0.6) is 17.2 Å². The molecule has 0 atom stereocenters. The van der Waals surface area contributed by atoms with E-state index < -0.39 is 11.6 Å². The predicted octanol–water partition coefficient (Wildman–Crippen LogP) is 2.67. The molecular formula is C21H21NO7. The fourth-order valence-electron chi connectivity index (χ4n) is 2.77. The van der Waals surface area contributed by atoms with Crippen LogP contribution in [0.3, 0.4) is 0 Å². The number of nitrogens with one attached hydrogen (secondary N) is 1. The van der Waals surface area contributed by atoms with Crippen molar-refractivity contribution in [3.05, 3.63) is 47.0 Å². The molecule has 152 valence electrons. The maximum absolute atomic E-state index is 13.2. The van der Waals surface area contributed by atoms with Gasteiger partial charge in [0.05, 0.1) is 33.4 Å². The maximum atomic E-state index is 13.2. The van der Waals surface area contributed by atoms with E-state index in [0.29, 0.717) is 12.0 Å². The molecule has 0 aliphatic heterocycles. The molecule has 0 saturated heterocycles. The van der Waals surface area contributed by atoms with Gasteiger partial charge in [-0.1, -0.05) is 0 Å². The summed E-state index contributed by atoms with van der Waals surface area (Å²) in [6.07, 6.45) is 0.183. The van der Waals surface area contributed by atoms with Gasteiger partial charge in [0.25, 0.3) is 0 Å². The van der Waals surface area contributed by atoms with Crippen molar-refractivity contribution in [2.75, 3.05) is 26.6 Å². The summed E-state index contributed by atoms with van der Waals surface area (Å²) < 4.78 is 15.8. The van der Waals surface area contributed by atoms with Gasteiger partial charge in [-0.2, -0.15) is 0 Å². The summed E-state index contributed by atoms with van der Waals surface area (Å²) >= 11 is 0. The Morgan fingerprint density at radius 2 is 1.55 bits per heavy atom. The highest BCUT2D eigenvalue weighted by Crippen LogP contribution is 2.39. The molecular weight excluding hydrogens is 378 g/mol. The first-order valence-corrected chi connectivity index (χ1v) is 8.59. The largest absolute Gasteiger partial charge is 0.493 e. The van der Waals surface area contributed by atoms with E-state index in [4.69, 9.17) is 14.2 Å². The Balaban J connectivity index is 2.63. The second-order valence-electron chi connectivity index (χ2n) is 5.98. The molecule has 29 heavy (non-hydrogen) atoms. The van der Waals surface area contributed by atoms with E-state index in [-0.39, 0.29) is 46.2 Å². The number of hydrogen-bond acceptors (Lipinski definition) is 7. The number of ether oxygens (including phenoxy) is 3. The van der Waals surface area contributed by atoms with Crippen molar-refractivity contribution in [1.29, 1.82) is 0 Å². The highest BCUT2D eigenvalue weighted by molar-refractivity contribution is 6.15. The fraction of sp³-hybridized carbons (Fsp3) is 0.238. The van der Waals surface area contributed by atoms with E-state index in [9.17, 15) is 19.2 Å². The van der Waals surface area contributed by atoms with E-state index in [2.05, 4.69) is 5.32 Å². The van der Waals surface area contributed by atoms with Crippen molar-refractivity contribution in [2.45, 2.75) is 13.3 Å². The van der Waals surface area contributed by atoms with Crippen LogP contribution >= 0.6 is 0 Å². The lowest BCUT2D eigenvalue weighted by Crippen LogP contribution is -2.13. The van der Waals surface area contributed by atoms with E-state index in [1.807, 2.05) is 0 Å². The number of benzene rings is 2. The van der Waals surface area contributed by atoms with E-state index >= 15 is 0 Å². The predicted molar refractivity (Wildman–Crippen MR) is 105 cm³/mol. The normalized spacial score (nSPS) is 10.1. The van der Waals surface area contributed by atoms with Gasteiger partial charge < -0.3 is 24.3 Å². The molecule has 0 fully saturated rings. The van der Waals surface area contributed by atoms with E-state index in [1.165, 1.54) is 58.6 Å². The van der Waals surface area contributed by atoms with Crippen molar-refractivity contribution < 1.29 is 33.4 Å². The van der Waals surface area contributed by atoms with Crippen LogP contribution in [0.15, 0.2) is 30.3 Å². The molecule has 0 heterocycles. The zero-order valence-electron chi connectivity index (χ0n) is 16.5. The lowest BCUT2D eigenvalue weighted by Gasteiger charge is -2.15. The Kier molecular flexibility index (Phi) is 7.08. The van der Waals surface area contributed by atoms with Crippen molar-refractivity contribution in [3.63, 3.8) is 0 Å². The average molecular weight is 399 g/mol. The number of methoxy groups -OCH3 is 3. The second-order valence-corrected chi connectivity index (χ2v) is 5.98. The van der Waals surface area contributed by atoms with Gasteiger partial charge >= 0.3 is 0 Å². The minimum atomic E-state index is -0.478. The molecule has 2 rings (SSSR count). The number of Topliss-reactive ketones (excluding diaryl/α,β-unsaturated/α-hetero) is 1. The number of carbonyl (C=O) groups is 4. The van der Waals surface area contributed by atoms with Crippen molar-refractivity contribution >= 4 is 29.4 Å². The minimum Gasteiger partial charge on any atom is -0.493 e. The van der Waals surface area contributed by atoms with Gasteiger partial charge in [-0.25, -0.2) is 0 Å². The molecule has 8 nitrogen and oxygen atoms in total. The quantitative estimate of drug-likeness (QED) is 0.392. The van der Waals surface area contributed by atoms with Crippen LogP contribution in [-0.2, 0) is 9.59 Å². The highest BCUT2D eigenvalue weighted by atomic mass is 16.5. The van der Waals surface area contributed by atoms with Crippen molar-refractivity contribution in [3.8, 4) is 17.2 Å². The summed E-state index contributed by atoms with van der Waals surface area (Å²) in [5, 5.41) is 2.57. The van der Waals surface area contributed by atoms with Crippen LogP contribution in [0.4, 0.5) is 5.69 Å². The molecule has 2 aromatic carbocycles. The number of aldehydes is 1. The molecule has 0 aliphatic carbocycles. The molecule has 0 radical (unpaired) electrons. The third-order valence-corrected chi connectivity index (χ3v) is 4.09. The number of hydrogen-bond donors (Lipinski definition) is 1. The summed E-state index contributed by atoms with van der Waals surface area (Å²) in [7, 11) is 4.29. The molecule has 0 aromatic heterocycles. The van der Waals surface area contributed by atoms with Gasteiger partial charge in [0.2, 0.25) is 11.7 Å². The highest BCUT2D eigenvalue weighted by Gasteiger charge is 2.21. The van der Waals surface area contributed by atoms with Crippen LogP contribution < -0.4 is 19.5 Å². The van der Waals surface area contributed by atoms with E-state index in [1.54, 1.807) is 0 Å². The van der Waals surface area contributed by atoms with Gasteiger partial charge in [-0.3, -0.25) is 14.4 Å². The van der Waals surface area contributed by atoms with Crippen LogP contribution in [0.2, 0.25) is 0 Å². The minimum absolute atomic E-state index is 0.0891.